The average molecular weight is 234 g/mol. The topological polar surface area (TPSA) is 41.5 Å². The molecular formula is C14H22N2O. The summed E-state index contributed by atoms with van der Waals surface area (Å²) in [5.74, 6) is 1.95. The maximum Gasteiger partial charge on any atom is 0.243 e. The number of carbonyl (C=O) groups is 1. The number of hydrazone groups is 1. The van der Waals surface area contributed by atoms with Crippen LogP contribution in [-0.4, -0.2) is 11.6 Å². The molecule has 1 amide bonds. The van der Waals surface area contributed by atoms with E-state index in [-0.39, 0.29) is 11.8 Å². The summed E-state index contributed by atoms with van der Waals surface area (Å²) in [5, 5.41) is 4.40. The summed E-state index contributed by atoms with van der Waals surface area (Å²) in [4.78, 5) is 11.9. The van der Waals surface area contributed by atoms with E-state index < -0.39 is 0 Å². The standard InChI is InChI=1S/C14H22N2O/c17-14(11-4-2-1-3-5-11)16-15-13-9-10-6-7-12(13)8-10/h10-12H,1-9H2,(H,16,17)/b15-13+. The first-order valence-corrected chi connectivity index (χ1v) is 7.19. The molecule has 3 aliphatic carbocycles. The average Bonchev–Trinajstić information content (AvgIpc) is 2.99. The van der Waals surface area contributed by atoms with Crippen LogP contribution in [0.4, 0.5) is 0 Å². The zero-order valence-electron chi connectivity index (χ0n) is 10.5. The van der Waals surface area contributed by atoms with Crippen LogP contribution in [0.1, 0.15) is 57.8 Å². The fraction of sp³-hybridized carbons (Fsp3) is 0.857. The van der Waals surface area contributed by atoms with Gasteiger partial charge in [-0.3, -0.25) is 4.79 Å². The van der Waals surface area contributed by atoms with E-state index in [1.807, 2.05) is 0 Å². The normalized spacial score (nSPS) is 35.4. The molecule has 3 saturated carbocycles. The van der Waals surface area contributed by atoms with Gasteiger partial charge in [0, 0.05) is 11.6 Å². The first kappa shape index (κ1) is 11.2. The molecule has 2 bridgehead atoms. The molecule has 0 aromatic carbocycles. The van der Waals surface area contributed by atoms with Gasteiger partial charge in [0.1, 0.15) is 0 Å². The van der Waals surface area contributed by atoms with Crippen molar-refractivity contribution in [3.05, 3.63) is 0 Å². The lowest BCUT2D eigenvalue weighted by molar-refractivity contribution is -0.125. The van der Waals surface area contributed by atoms with Crippen LogP contribution in [0, 0.1) is 17.8 Å². The minimum atomic E-state index is 0.167. The van der Waals surface area contributed by atoms with E-state index in [9.17, 15) is 4.79 Å². The van der Waals surface area contributed by atoms with Crippen LogP contribution >= 0.6 is 0 Å². The van der Waals surface area contributed by atoms with Gasteiger partial charge in [-0.1, -0.05) is 19.3 Å². The summed E-state index contributed by atoms with van der Waals surface area (Å²) < 4.78 is 0. The highest BCUT2D eigenvalue weighted by atomic mass is 16.2. The van der Waals surface area contributed by atoms with E-state index in [2.05, 4.69) is 10.5 Å². The predicted molar refractivity (Wildman–Crippen MR) is 67.6 cm³/mol. The Balaban J connectivity index is 1.53. The number of fused-ring (bicyclic) bond motifs is 2. The maximum atomic E-state index is 11.9. The lowest BCUT2D eigenvalue weighted by atomic mass is 9.89. The van der Waals surface area contributed by atoms with Crippen LogP contribution in [0.25, 0.3) is 0 Å². The van der Waals surface area contributed by atoms with Crippen molar-refractivity contribution < 1.29 is 4.79 Å². The van der Waals surface area contributed by atoms with Crippen LogP contribution in [0.5, 0.6) is 0 Å². The maximum absolute atomic E-state index is 11.9. The van der Waals surface area contributed by atoms with Gasteiger partial charge < -0.3 is 0 Å². The molecule has 0 aromatic heterocycles. The minimum Gasteiger partial charge on any atom is -0.273 e. The van der Waals surface area contributed by atoms with Gasteiger partial charge >= 0.3 is 0 Å². The minimum absolute atomic E-state index is 0.167. The number of carbonyl (C=O) groups excluding carboxylic acids is 1. The molecule has 2 atom stereocenters. The van der Waals surface area contributed by atoms with Crippen LogP contribution in [0.3, 0.4) is 0 Å². The van der Waals surface area contributed by atoms with Crippen molar-refractivity contribution in [3.63, 3.8) is 0 Å². The zero-order valence-corrected chi connectivity index (χ0v) is 10.5. The quantitative estimate of drug-likeness (QED) is 0.733. The van der Waals surface area contributed by atoms with Gasteiger partial charge in [-0.25, -0.2) is 5.43 Å². The smallest absolute Gasteiger partial charge is 0.243 e. The molecule has 0 saturated heterocycles. The van der Waals surface area contributed by atoms with Gasteiger partial charge in [0.15, 0.2) is 0 Å². The number of amides is 1. The number of nitrogens with one attached hydrogen (secondary N) is 1. The highest BCUT2D eigenvalue weighted by Crippen LogP contribution is 2.42. The van der Waals surface area contributed by atoms with E-state index in [1.54, 1.807) is 0 Å². The summed E-state index contributed by atoms with van der Waals surface area (Å²) in [6.07, 6.45) is 10.9. The molecule has 3 fully saturated rings. The number of hydrogen-bond acceptors (Lipinski definition) is 2. The Hall–Kier alpha value is -0.860. The number of hydrogen-bond donors (Lipinski definition) is 1. The molecule has 2 unspecified atom stereocenters. The first-order valence-electron chi connectivity index (χ1n) is 7.19. The molecule has 3 nitrogen and oxygen atoms in total. The summed E-state index contributed by atoms with van der Waals surface area (Å²) in [6.45, 7) is 0. The second-order valence-electron chi connectivity index (χ2n) is 5.99. The molecular weight excluding hydrogens is 212 g/mol. The van der Waals surface area contributed by atoms with Crippen molar-refractivity contribution in [2.45, 2.75) is 57.8 Å². The summed E-state index contributed by atoms with van der Waals surface area (Å²) in [6, 6.07) is 0. The summed E-state index contributed by atoms with van der Waals surface area (Å²) in [7, 11) is 0. The molecule has 94 valence electrons. The molecule has 0 spiro atoms. The molecule has 3 heteroatoms. The Morgan fingerprint density at radius 3 is 2.59 bits per heavy atom. The molecule has 0 heterocycles. The van der Waals surface area contributed by atoms with Gasteiger partial charge in [0.05, 0.1) is 0 Å². The lowest BCUT2D eigenvalue weighted by Crippen LogP contribution is -2.30. The van der Waals surface area contributed by atoms with Crippen molar-refractivity contribution in [2.75, 3.05) is 0 Å². The van der Waals surface area contributed by atoms with Crippen LogP contribution in [0.2, 0.25) is 0 Å². The van der Waals surface area contributed by atoms with E-state index in [0.717, 1.165) is 25.2 Å². The third-order valence-corrected chi connectivity index (χ3v) is 4.80. The Labute approximate surface area is 103 Å². The van der Waals surface area contributed by atoms with Gasteiger partial charge in [0.25, 0.3) is 0 Å². The molecule has 17 heavy (non-hydrogen) atoms. The van der Waals surface area contributed by atoms with Gasteiger partial charge in [-0.05, 0) is 50.4 Å². The van der Waals surface area contributed by atoms with Crippen molar-refractivity contribution >= 4 is 11.6 Å². The number of nitrogens with zero attached hydrogens (tertiary/aromatic N) is 1. The van der Waals surface area contributed by atoms with Crippen LogP contribution in [-0.2, 0) is 4.79 Å². The Morgan fingerprint density at radius 2 is 1.94 bits per heavy atom. The predicted octanol–water partition coefficient (Wildman–Crippen LogP) is 2.86. The summed E-state index contributed by atoms with van der Waals surface area (Å²) >= 11 is 0. The van der Waals surface area contributed by atoms with Gasteiger partial charge in [0.2, 0.25) is 5.91 Å². The van der Waals surface area contributed by atoms with Crippen LogP contribution < -0.4 is 5.43 Å². The SMILES string of the molecule is O=C(N/N=C1\CC2CCC1C2)C1CCCCC1. The van der Waals surface area contributed by atoms with Crippen LogP contribution in [0.15, 0.2) is 5.10 Å². The fourth-order valence-corrected chi connectivity index (χ4v) is 3.75. The molecule has 0 aromatic rings. The molecule has 3 rings (SSSR count). The van der Waals surface area contributed by atoms with Gasteiger partial charge in [-0.15, -0.1) is 0 Å². The third kappa shape index (κ3) is 2.38. The third-order valence-electron chi connectivity index (χ3n) is 4.80. The highest BCUT2D eigenvalue weighted by molar-refractivity contribution is 5.91. The molecule has 0 aliphatic heterocycles. The van der Waals surface area contributed by atoms with E-state index in [1.165, 1.54) is 44.2 Å². The first-order chi connectivity index (χ1) is 8.33. The largest absolute Gasteiger partial charge is 0.273 e. The molecule has 1 N–H and O–H groups in total. The van der Waals surface area contributed by atoms with Crippen molar-refractivity contribution in [3.8, 4) is 0 Å². The highest BCUT2D eigenvalue weighted by Gasteiger charge is 2.36. The fourth-order valence-electron chi connectivity index (χ4n) is 3.75. The lowest BCUT2D eigenvalue weighted by Gasteiger charge is -2.20. The molecule has 3 aliphatic rings. The number of rotatable bonds is 2. The van der Waals surface area contributed by atoms with Crippen molar-refractivity contribution in [1.82, 2.24) is 5.43 Å². The Morgan fingerprint density at radius 1 is 1.12 bits per heavy atom. The van der Waals surface area contributed by atoms with E-state index >= 15 is 0 Å². The second kappa shape index (κ2) is 4.79. The van der Waals surface area contributed by atoms with E-state index in [4.69, 9.17) is 0 Å². The zero-order chi connectivity index (χ0) is 11.7. The summed E-state index contributed by atoms with van der Waals surface area (Å²) in [5.41, 5.74) is 4.10. The van der Waals surface area contributed by atoms with E-state index in [0.29, 0.717) is 5.92 Å². The molecule has 0 radical (unpaired) electrons. The van der Waals surface area contributed by atoms with Crippen molar-refractivity contribution in [2.24, 2.45) is 22.9 Å². The van der Waals surface area contributed by atoms with Crippen molar-refractivity contribution in [1.29, 1.82) is 0 Å². The Kier molecular flexibility index (Phi) is 3.17. The van der Waals surface area contributed by atoms with Gasteiger partial charge in [-0.2, -0.15) is 5.10 Å². The monoisotopic (exact) mass is 234 g/mol. The second-order valence-corrected chi connectivity index (χ2v) is 5.99. The Bertz CT molecular complexity index is 331.